The minimum atomic E-state index is -0.147. The molecule has 11 heavy (non-hydrogen) atoms. The molecule has 0 fully saturated rings. The van der Waals surface area contributed by atoms with Crippen LogP contribution in [0.2, 0.25) is 0 Å². The number of hydrogen-bond acceptors (Lipinski definition) is 3. The highest BCUT2D eigenvalue weighted by Crippen LogP contribution is 1.86. The van der Waals surface area contributed by atoms with Crippen LogP contribution >= 0.6 is 0 Å². The molecule has 0 radical (unpaired) electrons. The number of hydrogen-bond donors (Lipinski definition) is 0. The average Bonchev–Trinajstić information content (AvgIpc) is 1.98. The van der Waals surface area contributed by atoms with E-state index in [-0.39, 0.29) is 6.03 Å². The second kappa shape index (κ2) is 4.54. The Balaban J connectivity index is 3.93. The third kappa shape index (κ3) is 3.44. The van der Waals surface area contributed by atoms with Gasteiger partial charge in [-0.1, -0.05) is 5.16 Å². The summed E-state index contributed by atoms with van der Waals surface area (Å²) in [7, 11) is 6.36. The zero-order valence-electron chi connectivity index (χ0n) is 7.24. The molecule has 0 atom stereocenters. The smallest absolute Gasteiger partial charge is 0.324 e. The van der Waals surface area contributed by atoms with E-state index >= 15 is 0 Å². The van der Waals surface area contributed by atoms with Gasteiger partial charge in [-0.05, 0) is 0 Å². The molecule has 0 aromatic carbocycles. The molecule has 0 unspecified atom stereocenters. The molecule has 0 aliphatic carbocycles. The molecule has 0 rings (SSSR count). The van der Waals surface area contributed by atoms with Gasteiger partial charge in [-0.15, -0.1) is 0 Å². The molecule has 0 aromatic heterocycles. The third-order valence-corrected chi connectivity index (χ3v) is 1.01. The van der Waals surface area contributed by atoms with Gasteiger partial charge in [0.2, 0.25) is 0 Å². The van der Waals surface area contributed by atoms with Gasteiger partial charge in [-0.25, -0.2) is 4.79 Å². The summed E-state index contributed by atoms with van der Waals surface area (Å²) in [5, 5.41) is 3.43. The quantitative estimate of drug-likeness (QED) is 0.328. The van der Waals surface area contributed by atoms with Crippen molar-refractivity contribution in [1.29, 1.82) is 0 Å². The lowest BCUT2D eigenvalue weighted by atomic mass is 10.7. The predicted octanol–water partition coefficient (Wildman–Crippen LogP) is 0.190. The van der Waals surface area contributed by atoms with Crippen LogP contribution in [0.3, 0.4) is 0 Å². The van der Waals surface area contributed by atoms with Crippen molar-refractivity contribution in [3.63, 3.8) is 0 Å². The Bertz CT molecular complexity index is 156. The van der Waals surface area contributed by atoms with Gasteiger partial charge in [0.1, 0.15) is 13.4 Å². The fourth-order valence-corrected chi connectivity index (χ4v) is 0.483. The van der Waals surface area contributed by atoms with Gasteiger partial charge in [0, 0.05) is 21.1 Å². The van der Waals surface area contributed by atoms with Crippen molar-refractivity contribution in [2.45, 2.75) is 0 Å². The third-order valence-electron chi connectivity index (χ3n) is 1.01. The summed E-state index contributed by atoms with van der Waals surface area (Å²) in [6.45, 7) is 0. The van der Waals surface area contributed by atoms with Gasteiger partial charge in [0.05, 0.1) is 0 Å². The molecule has 0 bridgehead atoms. The van der Waals surface area contributed by atoms with Gasteiger partial charge in [-0.3, -0.25) is 4.90 Å². The van der Waals surface area contributed by atoms with Crippen molar-refractivity contribution in [2.24, 2.45) is 5.16 Å². The molecule has 5 heteroatoms. The first-order valence-electron chi connectivity index (χ1n) is 3.10. The molecule has 0 aliphatic heterocycles. The molecule has 0 N–H and O–H groups in total. The summed E-state index contributed by atoms with van der Waals surface area (Å²) in [6, 6.07) is -0.147. The Kier molecular flexibility index (Phi) is 4.02. The van der Waals surface area contributed by atoms with E-state index in [1.165, 1.54) is 23.2 Å². The maximum Gasteiger partial charge on any atom is 0.324 e. The zero-order valence-corrected chi connectivity index (χ0v) is 7.24. The molecular formula is C6H13N3O2. The number of carbonyl (C=O) groups is 1. The summed E-state index contributed by atoms with van der Waals surface area (Å²) in [4.78, 5) is 18.2. The van der Waals surface area contributed by atoms with Crippen molar-refractivity contribution < 1.29 is 9.63 Å². The zero-order chi connectivity index (χ0) is 8.85. The highest BCUT2D eigenvalue weighted by Gasteiger charge is 2.06. The summed E-state index contributed by atoms with van der Waals surface area (Å²) >= 11 is 0. The lowest BCUT2D eigenvalue weighted by molar-refractivity contribution is 0.193. The second-order valence-corrected chi connectivity index (χ2v) is 2.19. The molecule has 0 saturated carbocycles. The molecule has 2 amide bonds. The first-order chi connectivity index (χ1) is 5.09. The lowest BCUT2D eigenvalue weighted by Gasteiger charge is -2.16. The van der Waals surface area contributed by atoms with Crippen molar-refractivity contribution in [2.75, 3.05) is 28.3 Å². The van der Waals surface area contributed by atoms with E-state index in [9.17, 15) is 4.79 Å². The number of amides is 2. The molecule has 0 spiro atoms. The Morgan fingerprint density at radius 3 is 2.36 bits per heavy atom. The Morgan fingerprint density at radius 2 is 2.00 bits per heavy atom. The minimum absolute atomic E-state index is 0.147. The molecule has 0 aliphatic rings. The summed E-state index contributed by atoms with van der Waals surface area (Å²) < 4.78 is 0. The van der Waals surface area contributed by atoms with E-state index in [4.69, 9.17) is 0 Å². The molecule has 0 heterocycles. The molecule has 0 aromatic rings. The van der Waals surface area contributed by atoms with Gasteiger partial charge in [0.15, 0.2) is 0 Å². The monoisotopic (exact) mass is 159 g/mol. The van der Waals surface area contributed by atoms with Crippen molar-refractivity contribution >= 4 is 12.4 Å². The van der Waals surface area contributed by atoms with E-state index in [1.54, 1.807) is 21.1 Å². The van der Waals surface area contributed by atoms with E-state index in [1.807, 2.05) is 0 Å². The summed E-state index contributed by atoms with van der Waals surface area (Å²) in [5.41, 5.74) is 0. The van der Waals surface area contributed by atoms with Gasteiger partial charge in [-0.2, -0.15) is 0 Å². The first-order valence-corrected chi connectivity index (χ1v) is 3.10. The maximum atomic E-state index is 11.1. The number of nitrogens with zero attached hydrogens (tertiary/aromatic N) is 3. The van der Waals surface area contributed by atoms with Crippen LogP contribution in [-0.2, 0) is 4.84 Å². The predicted molar refractivity (Wildman–Crippen MR) is 42.3 cm³/mol. The van der Waals surface area contributed by atoms with E-state index in [0.29, 0.717) is 0 Å². The van der Waals surface area contributed by atoms with Crippen LogP contribution in [0.15, 0.2) is 5.16 Å². The van der Waals surface area contributed by atoms with Gasteiger partial charge < -0.3 is 9.74 Å². The van der Waals surface area contributed by atoms with Crippen molar-refractivity contribution in [3.8, 4) is 0 Å². The van der Waals surface area contributed by atoms with Crippen LogP contribution in [0.25, 0.3) is 0 Å². The Hall–Kier alpha value is -1.26. The molecule has 0 saturated heterocycles. The highest BCUT2D eigenvalue weighted by molar-refractivity contribution is 5.85. The topological polar surface area (TPSA) is 45.1 Å². The first kappa shape index (κ1) is 9.74. The number of rotatable bonds is 2. The lowest BCUT2D eigenvalue weighted by Crippen LogP contribution is -2.35. The summed E-state index contributed by atoms with van der Waals surface area (Å²) in [6.07, 6.45) is 1.31. The Morgan fingerprint density at radius 1 is 1.45 bits per heavy atom. The summed E-state index contributed by atoms with van der Waals surface area (Å²) in [5.74, 6) is 0. The minimum Gasteiger partial charge on any atom is -0.398 e. The van der Waals surface area contributed by atoms with Gasteiger partial charge >= 0.3 is 6.03 Å². The van der Waals surface area contributed by atoms with Crippen molar-refractivity contribution in [1.82, 2.24) is 9.80 Å². The highest BCUT2D eigenvalue weighted by atomic mass is 16.6. The largest absolute Gasteiger partial charge is 0.398 e. The fraction of sp³-hybridized carbons (Fsp3) is 0.667. The van der Waals surface area contributed by atoms with Crippen molar-refractivity contribution in [3.05, 3.63) is 0 Å². The van der Waals surface area contributed by atoms with E-state index in [0.717, 1.165) is 0 Å². The fourth-order valence-electron chi connectivity index (χ4n) is 0.483. The molecular weight excluding hydrogens is 146 g/mol. The van der Waals surface area contributed by atoms with Gasteiger partial charge in [0.25, 0.3) is 0 Å². The van der Waals surface area contributed by atoms with E-state index < -0.39 is 0 Å². The SMILES string of the molecule is CO/N=C/N(C)C(=O)N(C)C. The van der Waals surface area contributed by atoms with Crippen LogP contribution in [0.5, 0.6) is 0 Å². The number of carbonyl (C=O) groups excluding carboxylic acids is 1. The second-order valence-electron chi connectivity index (χ2n) is 2.19. The molecule has 64 valence electrons. The Labute approximate surface area is 66.2 Å². The van der Waals surface area contributed by atoms with Crippen LogP contribution in [0.4, 0.5) is 4.79 Å². The standard InChI is InChI=1S/C6H13N3O2/c1-8(2)6(10)9(3)5-7-11-4/h5H,1-4H3/b7-5+. The molecule has 5 nitrogen and oxygen atoms in total. The van der Waals surface area contributed by atoms with E-state index in [2.05, 4.69) is 9.99 Å². The maximum absolute atomic E-state index is 11.1. The van der Waals surface area contributed by atoms with Crippen LogP contribution in [0.1, 0.15) is 0 Å². The number of urea groups is 1. The average molecular weight is 159 g/mol. The number of oxime groups is 1. The normalized spacial score (nSPS) is 9.82. The van der Waals surface area contributed by atoms with Crippen LogP contribution < -0.4 is 0 Å². The van der Waals surface area contributed by atoms with Crippen LogP contribution in [-0.4, -0.2) is 50.4 Å². The van der Waals surface area contributed by atoms with Crippen LogP contribution in [0, 0.1) is 0 Å².